The van der Waals surface area contributed by atoms with Crippen LogP contribution in [0.4, 0.5) is 0 Å². The number of hydrogen-bond acceptors (Lipinski definition) is 3. The number of nitrogens with two attached hydrogens (primary N) is 1. The number of aromatic nitrogens is 2. The van der Waals surface area contributed by atoms with Gasteiger partial charge in [-0.05, 0) is 13.0 Å². The minimum absolute atomic E-state index is 0. The van der Waals surface area contributed by atoms with E-state index in [0.717, 1.165) is 6.54 Å². The quantitative estimate of drug-likeness (QED) is 0.669. The Morgan fingerprint density at radius 2 is 1.46 bits per heavy atom. The molecule has 0 aliphatic carbocycles. The van der Waals surface area contributed by atoms with Gasteiger partial charge >= 0.3 is 0 Å². The average Bonchev–Trinajstić information content (AvgIpc) is 2.18. The standard InChI is InChI=1S/C5H13N.C4H4N2.Ru/c1-2-3-4-5-6;1-2-6-4-3-5-1;/h2-6H2,1H3;1-4H;. The summed E-state index contributed by atoms with van der Waals surface area (Å²) in [6.45, 7) is 3.03. The summed E-state index contributed by atoms with van der Waals surface area (Å²) in [5.41, 5.74) is 5.21. The maximum Gasteiger partial charge on any atom is 0.0451 e. The van der Waals surface area contributed by atoms with Gasteiger partial charge in [-0.2, -0.15) is 0 Å². The first-order valence-corrected chi connectivity index (χ1v) is 4.31. The number of rotatable bonds is 3. The molecule has 2 N–H and O–H groups in total. The number of nitrogens with zero attached hydrogens (tertiary/aromatic N) is 2. The fourth-order valence-electron chi connectivity index (χ4n) is 0.648. The molecule has 0 unspecified atom stereocenters. The Bertz CT molecular complexity index is 127. The molecule has 76 valence electrons. The van der Waals surface area contributed by atoms with E-state index >= 15 is 0 Å². The average molecular weight is 268 g/mol. The van der Waals surface area contributed by atoms with E-state index in [0.29, 0.717) is 0 Å². The third-order valence-electron chi connectivity index (χ3n) is 1.29. The molecule has 1 rings (SSSR count). The molecular weight excluding hydrogens is 251 g/mol. The summed E-state index contributed by atoms with van der Waals surface area (Å²) in [5.74, 6) is 0. The monoisotopic (exact) mass is 269 g/mol. The van der Waals surface area contributed by atoms with E-state index in [-0.39, 0.29) is 19.5 Å². The second-order valence-corrected chi connectivity index (χ2v) is 2.39. The van der Waals surface area contributed by atoms with Crippen LogP contribution in [0.25, 0.3) is 0 Å². The molecule has 0 fully saturated rings. The Balaban J connectivity index is 0. The molecule has 0 aromatic carbocycles. The summed E-state index contributed by atoms with van der Waals surface area (Å²) in [4.78, 5) is 7.44. The van der Waals surface area contributed by atoms with Crippen molar-refractivity contribution in [2.24, 2.45) is 5.73 Å². The predicted molar refractivity (Wildman–Crippen MR) is 50.6 cm³/mol. The summed E-state index contributed by atoms with van der Waals surface area (Å²) in [6.07, 6.45) is 10.3. The minimum Gasteiger partial charge on any atom is -0.330 e. The summed E-state index contributed by atoms with van der Waals surface area (Å²) in [7, 11) is 0. The molecule has 4 heteroatoms. The molecule has 1 heterocycles. The molecule has 1 aromatic heterocycles. The largest absolute Gasteiger partial charge is 0.330 e. The van der Waals surface area contributed by atoms with Crippen LogP contribution in [0.2, 0.25) is 0 Å². The second kappa shape index (κ2) is 14.2. The van der Waals surface area contributed by atoms with Gasteiger partial charge < -0.3 is 5.73 Å². The van der Waals surface area contributed by atoms with Gasteiger partial charge in [0.2, 0.25) is 0 Å². The summed E-state index contributed by atoms with van der Waals surface area (Å²) in [5, 5.41) is 0. The molecule has 0 saturated heterocycles. The number of unbranched alkanes of at least 4 members (excludes halogenated alkanes) is 2. The van der Waals surface area contributed by atoms with Gasteiger partial charge in [-0.1, -0.05) is 19.8 Å². The molecule has 0 bridgehead atoms. The smallest absolute Gasteiger partial charge is 0.0451 e. The molecule has 0 saturated carbocycles. The minimum atomic E-state index is 0. The molecule has 3 nitrogen and oxygen atoms in total. The van der Waals surface area contributed by atoms with Gasteiger partial charge in [0, 0.05) is 44.3 Å². The van der Waals surface area contributed by atoms with Crippen molar-refractivity contribution in [2.45, 2.75) is 26.2 Å². The van der Waals surface area contributed by atoms with Crippen LogP contribution in [0.15, 0.2) is 24.8 Å². The van der Waals surface area contributed by atoms with Gasteiger partial charge in [0.15, 0.2) is 0 Å². The zero-order chi connectivity index (χ0) is 9.07. The van der Waals surface area contributed by atoms with Crippen molar-refractivity contribution in [1.82, 2.24) is 9.97 Å². The zero-order valence-electron chi connectivity index (χ0n) is 7.96. The van der Waals surface area contributed by atoms with Crippen LogP contribution in [-0.2, 0) is 19.5 Å². The van der Waals surface area contributed by atoms with Crippen molar-refractivity contribution < 1.29 is 19.5 Å². The predicted octanol–water partition coefficient (Wildman–Crippen LogP) is 1.61. The summed E-state index contributed by atoms with van der Waals surface area (Å²) < 4.78 is 0. The maximum absolute atomic E-state index is 5.21. The Labute approximate surface area is 92.9 Å². The molecule has 0 aliphatic heterocycles. The first-order chi connectivity index (χ1) is 5.91. The first kappa shape index (κ1) is 15.1. The van der Waals surface area contributed by atoms with E-state index < -0.39 is 0 Å². The van der Waals surface area contributed by atoms with Crippen LogP contribution >= 0.6 is 0 Å². The normalized spacial score (nSPS) is 7.85. The Hall–Kier alpha value is -0.337. The second-order valence-electron chi connectivity index (χ2n) is 2.39. The van der Waals surface area contributed by atoms with Crippen LogP contribution < -0.4 is 5.73 Å². The van der Waals surface area contributed by atoms with Crippen molar-refractivity contribution in [3.63, 3.8) is 0 Å². The van der Waals surface area contributed by atoms with Gasteiger partial charge in [-0.25, -0.2) is 0 Å². The summed E-state index contributed by atoms with van der Waals surface area (Å²) in [6, 6.07) is 0. The third kappa shape index (κ3) is 14.5. The van der Waals surface area contributed by atoms with E-state index in [1.807, 2.05) is 0 Å². The molecule has 13 heavy (non-hydrogen) atoms. The van der Waals surface area contributed by atoms with Crippen molar-refractivity contribution >= 4 is 0 Å². The van der Waals surface area contributed by atoms with Gasteiger partial charge in [0.25, 0.3) is 0 Å². The van der Waals surface area contributed by atoms with Crippen LogP contribution in [0.1, 0.15) is 26.2 Å². The maximum atomic E-state index is 5.21. The molecule has 0 atom stereocenters. The Morgan fingerprint density at radius 3 is 1.62 bits per heavy atom. The van der Waals surface area contributed by atoms with E-state index in [1.165, 1.54) is 19.3 Å². The van der Waals surface area contributed by atoms with Gasteiger partial charge in [0.05, 0.1) is 0 Å². The molecule has 0 amide bonds. The molecule has 0 spiro atoms. The van der Waals surface area contributed by atoms with Crippen molar-refractivity contribution in [3.05, 3.63) is 24.8 Å². The van der Waals surface area contributed by atoms with Crippen molar-refractivity contribution in [3.8, 4) is 0 Å². The molecular formula is C9H17N3Ru. The van der Waals surface area contributed by atoms with E-state index in [1.54, 1.807) is 24.8 Å². The molecule has 0 radical (unpaired) electrons. The van der Waals surface area contributed by atoms with E-state index in [9.17, 15) is 0 Å². The topological polar surface area (TPSA) is 51.8 Å². The Kier molecular flexibility index (Phi) is 16.6. The SMILES string of the molecule is CCCCCN.[Ru].c1cnccn1. The van der Waals surface area contributed by atoms with E-state index in [4.69, 9.17) is 5.73 Å². The fourth-order valence-corrected chi connectivity index (χ4v) is 0.648. The zero-order valence-corrected chi connectivity index (χ0v) is 9.70. The fraction of sp³-hybridized carbons (Fsp3) is 0.556. The van der Waals surface area contributed by atoms with Gasteiger partial charge in [-0.3, -0.25) is 9.97 Å². The molecule has 1 aromatic rings. The van der Waals surface area contributed by atoms with Crippen LogP contribution in [0.3, 0.4) is 0 Å². The van der Waals surface area contributed by atoms with E-state index in [2.05, 4.69) is 16.9 Å². The third-order valence-corrected chi connectivity index (χ3v) is 1.29. The Morgan fingerprint density at radius 1 is 1.00 bits per heavy atom. The first-order valence-electron chi connectivity index (χ1n) is 4.31. The van der Waals surface area contributed by atoms with Gasteiger partial charge in [-0.15, -0.1) is 0 Å². The van der Waals surface area contributed by atoms with Crippen molar-refractivity contribution in [2.75, 3.05) is 6.54 Å². The van der Waals surface area contributed by atoms with Crippen LogP contribution in [0.5, 0.6) is 0 Å². The summed E-state index contributed by atoms with van der Waals surface area (Å²) >= 11 is 0. The van der Waals surface area contributed by atoms with Crippen LogP contribution in [0, 0.1) is 0 Å². The molecule has 0 aliphatic rings. The van der Waals surface area contributed by atoms with Crippen molar-refractivity contribution in [1.29, 1.82) is 0 Å². The van der Waals surface area contributed by atoms with Crippen LogP contribution in [-0.4, -0.2) is 16.5 Å². The number of hydrogen-bond donors (Lipinski definition) is 1. The van der Waals surface area contributed by atoms with Gasteiger partial charge in [0.1, 0.15) is 0 Å².